The standard InChI is InChI=1S/C14H19ClN4O/c1-3-8-18-14(16-2)19-10-9-17-13(20)11-6-4-5-7-12(11)15/h3-7H,1,8-10H2,2H3,(H,17,20)(H2,16,18,19). The number of carbonyl (C=O) groups excluding carboxylic acids is 1. The summed E-state index contributed by atoms with van der Waals surface area (Å²) in [7, 11) is 1.68. The van der Waals surface area contributed by atoms with E-state index in [1.165, 1.54) is 0 Å². The predicted octanol–water partition coefficient (Wildman–Crippen LogP) is 1.42. The highest BCUT2D eigenvalue weighted by molar-refractivity contribution is 6.33. The average molecular weight is 295 g/mol. The number of amides is 1. The zero-order valence-electron chi connectivity index (χ0n) is 11.4. The number of nitrogens with one attached hydrogen (secondary N) is 3. The molecular formula is C14H19ClN4O. The Kier molecular flexibility index (Phi) is 7.21. The van der Waals surface area contributed by atoms with E-state index < -0.39 is 0 Å². The zero-order chi connectivity index (χ0) is 14.8. The van der Waals surface area contributed by atoms with E-state index in [0.717, 1.165) is 0 Å². The quantitative estimate of drug-likeness (QED) is 0.322. The molecule has 6 heteroatoms. The van der Waals surface area contributed by atoms with Gasteiger partial charge in [-0.15, -0.1) is 6.58 Å². The van der Waals surface area contributed by atoms with Crippen LogP contribution in [0.3, 0.4) is 0 Å². The fourth-order valence-corrected chi connectivity index (χ4v) is 1.71. The van der Waals surface area contributed by atoms with Gasteiger partial charge in [0.1, 0.15) is 0 Å². The van der Waals surface area contributed by atoms with Crippen LogP contribution >= 0.6 is 11.6 Å². The van der Waals surface area contributed by atoms with Gasteiger partial charge in [0, 0.05) is 26.7 Å². The van der Waals surface area contributed by atoms with Gasteiger partial charge >= 0.3 is 0 Å². The van der Waals surface area contributed by atoms with Crippen LogP contribution in [0.2, 0.25) is 5.02 Å². The van der Waals surface area contributed by atoms with Gasteiger partial charge in [-0.25, -0.2) is 0 Å². The molecule has 0 unspecified atom stereocenters. The Morgan fingerprint density at radius 2 is 2.00 bits per heavy atom. The van der Waals surface area contributed by atoms with Crippen LogP contribution in [0.1, 0.15) is 10.4 Å². The highest BCUT2D eigenvalue weighted by Gasteiger charge is 2.08. The van der Waals surface area contributed by atoms with E-state index in [0.29, 0.717) is 36.2 Å². The van der Waals surface area contributed by atoms with Gasteiger partial charge in [-0.1, -0.05) is 29.8 Å². The van der Waals surface area contributed by atoms with Gasteiger partial charge < -0.3 is 16.0 Å². The number of guanidine groups is 1. The predicted molar refractivity (Wildman–Crippen MR) is 83.3 cm³/mol. The molecule has 5 nitrogen and oxygen atoms in total. The molecule has 0 spiro atoms. The van der Waals surface area contributed by atoms with Crippen molar-refractivity contribution in [2.24, 2.45) is 4.99 Å². The summed E-state index contributed by atoms with van der Waals surface area (Å²) in [6, 6.07) is 6.95. The van der Waals surface area contributed by atoms with E-state index in [9.17, 15) is 4.79 Å². The number of rotatable bonds is 6. The SMILES string of the molecule is C=CCNC(=NC)NCCNC(=O)c1ccccc1Cl. The van der Waals surface area contributed by atoms with E-state index in [-0.39, 0.29) is 5.91 Å². The first-order chi connectivity index (χ1) is 9.69. The second-order valence-corrected chi connectivity index (χ2v) is 4.31. The van der Waals surface area contributed by atoms with Crippen molar-refractivity contribution in [2.75, 3.05) is 26.7 Å². The Balaban J connectivity index is 2.32. The maximum Gasteiger partial charge on any atom is 0.252 e. The molecule has 108 valence electrons. The topological polar surface area (TPSA) is 65.5 Å². The van der Waals surface area contributed by atoms with Crippen molar-refractivity contribution in [2.45, 2.75) is 0 Å². The van der Waals surface area contributed by atoms with E-state index in [2.05, 4.69) is 27.5 Å². The van der Waals surface area contributed by atoms with Crippen LogP contribution in [-0.4, -0.2) is 38.5 Å². The Hall–Kier alpha value is -2.01. The molecule has 0 heterocycles. The van der Waals surface area contributed by atoms with Gasteiger partial charge in [0.2, 0.25) is 0 Å². The van der Waals surface area contributed by atoms with Crippen molar-refractivity contribution >= 4 is 23.5 Å². The zero-order valence-corrected chi connectivity index (χ0v) is 12.2. The number of aliphatic imine (C=N–C) groups is 1. The third-order valence-corrected chi connectivity index (χ3v) is 2.79. The molecule has 0 aromatic heterocycles. The van der Waals surface area contributed by atoms with Crippen molar-refractivity contribution in [3.63, 3.8) is 0 Å². The fraction of sp³-hybridized carbons (Fsp3) is 0.286. The van der Waals surface area contributed by atoms with Crippen LogP contribution in [-0.2, 0) is 0 Å². The second kappa shape index (κ2) is 8.98. The summed E-state index contributed by atoms with van der Waals surface area (Å²) in [5.41, 5.74) is 0.475. The third kappa shape index (κ3) is 5.32. The number of nitrogens with zero attached hydrogens (tertiary/aromatic N) is 1. The van der Waals surface area contributed by atoms with Crippen molar-refractivity contribution < 1.29 is 4.79 Å². The lowest BCUT2D eigenvalue weighted by Gasteiger charge is -2.11. The number of carbonyl (C=O) groups is 1. The lowest BCUT2D eigenvalue weighted by atomic mass is 10.2. The van der Waals surface area contributed by atoms with Crippen LogP contribution < -0.4 is 16.0 Å². The highest BCUT2D eigenvalue weighted by Crippen LogP contribution is 2.14. The summed E-state index contributed by atoms with van der Waals surface area (Å²) in [4.78, 5) is 15.9. The fourth-order valence-electron chi connectivity index (χ4n) is 1.49. The Labute approximate surface area is 124 Å². The molecule has 1 aromatic carbocycles. The van der Waals surface area contributed by atoms with Crippen molar-refractivity contribution in [1.29, 1.82) is 0 Å². The molecule has 1 amide bonds. The van der Waals surface area contributed by atoms with E-state index in [1.807, 2.05) is 0 Å². The first-order valence-electron chi connectivity index (χ1n) is 6.27. The summed E-state index contributed by atoms with van der Waals surface area (Å²) in [6.07, 6.45) is 1.74. The molecule has 0 fully saturated rings. The molecule has 0 atom stereocenters. The normalized spacial score (nSPS) is 10.8. The molecule has 0 aliphatic rings. The largest absolute Gasteiger partial charge is 0.355 e. The summed E-state index contributed by atoms with van der Waals surface area (Å²) in [5.74, 6) is 0.475. The van der Waals surface area contributed by atoms with Crippen molar-refractivity contribution in [3.8, 4) is 0 Å². The lowest BCUT2D eigenvalue weighted by molar-refractivity contribution is 0.0954. The van der Waals surface area contributed by atoms with Crippen LogP contribution in [0.15, 0.2) is 41.9 Å². The first-order valence-corrected chi connectivity index (χ1v) is 6.65. The minimum Gasteiger partial charge on any atom is -0.355 e. The van der Waals surface area contributed by atoms with Gasteiger partial charge in [0.05, 0.1) is 10.6 Å². The third-order valence-electron chi connectivity index (χ3n) is 2.46. The van der Waals surface area contributed by atoms with Gasteiger partial charge in [-0.05, 0) is 12.1 Å². The number of benzene rings is 1. The van der Waals surface area contributed by atoms with Gasteiger partial charge in [-0.3, -0.25) is 9.79 Å². The van der Waals surface area contributed by atoms with E-state index in [1.54, 1.807) is 37.4 Å². The summed E-state index contributed by atoms with van der Waals surface area (Å²) >= 11 is 5.95. The molecule has 0 bridgehead atoms. The number of halogens is 1. The van der Waals surface area contributed by atoms with Crippen LogP contribution in [0, 0.1) is 0 Å². The number of hydrogen-bond acceptors (Lipinski definition) is 2. The summed E-state index contributed by atoms with van der Waals surface area (Å²) in [5, 5.41) is 9.34. The molecule has 0 aliphatic heterocycles. The average Bonchev–Trinajstić information content (AvgIpc) is 2.46. The van der Waals surface area contributed by atoms with Crippen LogP contribution in [0.4, 0.5) is 0 Å². The maximum atomic E-state index is 11.9. The van der Waals surface area contributed by atoms with Gasteiger partial charge in [-0.2, -0.15) is 0 Å². The van der Waals surface area contributed by atoms with Crippen LogP contribution in [0.25, 0.3) is 0 Å². The van der Waals surface area contributed by atoms with Crippen molar-refractivity contribution in [3.05, 3.63) is 47.5 Å². The molecule has 0 saturated heterocycles. The molecule has 1 rings (SSSR count). The molecule has 1 aromatic rings. The molecule has 20 heavy (non-hydrogen) atoms. The monoisotopic (exact) mass is 294 g/mol. The first kappa shape index (κ1) is 16.0. The minimum absolute atomic E-state index is 0.188. The minimum atomic E-state index is -0.188. The number of hydrogen-bond donors (Lipinski definition) is 3. The van der Waals surface area contributed by atoms with Crippen molar-refractivity contribution in [1.82, 2.24) is 16.0 Å². The molecule has 0 aliphatic carbocycles. The Morgan fingerprint density at radius 1 is 1.30 bits per heavy atom. The van der Waals surface area contributed by atoms with Gasteiger partial charge in [0.15, 0.2) is 5.96 Å². The Morgan fingerprint density at radius 3 is 2.65 bits per heavy atom. The molecule has 0 radical (unpaired) electrons. The maximum absolute atomic E-state index is 11.9. The van der Waals surface area contributed by atoms with E-state index >= 15 is 0 Å². The Bertz CT molecular complexity index is 488. The van der Waals surface area contributed by atoms with E-state index in [4.69, 9.17) is 11.6 Å². The smallest absolute Gasteiger partial charge is 0.252 e. The molecule has 3 N–H and O–H groups in total. The lowest BCUT2D eigenvalue weighted by Crippen LogP contribution is -2.41. The highest BCUT2D eigenvalue weighted by atomic mass is 35.5. The summed E-state index contributed by atoms with van der Waals surface area (Å²) < 4.78 is 0. The molecule has 0 saturated carbocycles. The second-order valence-electron chi connectivity index (χ2n) is 3.90. The summed E-state index contributed by atoms with van der Waals surface area (Å²) in [6.45, 7) is 5.28. The van der Waals surface area contributed by atoms with Crippen LogP contribution in [0.5, 0.6) is 0 Å². The molecular weight excluding hydrogens is 276 g/mol. The van der Waals surface area contributed by atoms with Gasteiger partial charge in [0.25, 0.3) is 5.91 Å².